The molecule has 0 fully saturated rings. The first-order chi connectivity index (χ1) is 7.65. The monoisotopic (exact) mass is 224 g/mol. The van der Waals surface area contributed by atoms with E-state index >= 15 is 0 Å². The molecule has 3 N–H and O–H groups in total. The molecule has 3 nitrogen and oxygen atoms in total. The van der Waals surface area contributed by atoms with Crippen LogP contribution >= 0.6 is 0 Å². The Kier molecular flexibility index (Phi) is 4.92. The highest BCUT2D eigenvalue weighted by Crippen LogP contribution is 2.05. The molecule has 0 saturated carbocycles. The average molecular weight is 224 g/mol. The summed E-state index contributed by atoms with van der Waals surface area (Å²) in [4.78, 5) is 11.6. The normalized spacial score (nSPS) is 12.2. The molecule has 1 rings (SSSR count). The zero-order valence-corrected chi connectivity index (χ0v) is 9.37. The molecule has 0 aliphatic heterocycles. The lowest BCUT2D eigenvalue weighted by molar-refractivity contribution is 0.0946. The standard InChI is InChI=1S/C12H17FN2O/c1-2-5-9(14)8-15-12(16)10-6-3-4-7-11(10)13/h3-4,6-7,9H,2,5,8,14H2,1H3,(H,15,16). The lowest BCUT2D eigenvalue weighted by Gasteiger charge is -2.11. The largest absolute Gasteiger partial charge is 0.350 e. The maximum absolute atomic E-state index is 13.2. The quantitative estimate of drug-likeness (QED) is 0.799. The van der Waals surface area contributed by atoms with E-state index in [0.717, 1.165) is 12.8 Å². The number of carbonyl (C=O) groups excluding carboxylic acids is 1. The van der Waals surface area contributed by atoms with Crippen molar-refractivity contribution < 1.29 is 9.18 Å². The number of amides is 1. The Labute approximate surface area is 94.8 Å². The summed E-state index contributed by atoms with van der Waals surface area (Å²) in [6, 6.07) is 5.83. The van der Waals surface area contributed by atoms with Gasteiger partial charge in [0.25, 0.3) is 5.91 Å². The molecule has 1 atom stereocenters. The maximum atomic E-state index is 13.2. The van der Waals surface area contributed by atoms with Gasteiger partial charge in [0.05, 0.1) is 5.56 Å². The smallest absolute Gasteiger partial charge is 0.254 e. The summed E-state index contributed by atoms with van der Waals surface area (Å²) in [6.45, 7) is 2.40. The minimum atomic E-state index is -0.510. The van der Waals surface area contributed by atoms with Gasteiger partial charge in [0.15, 0.2) is 0 Å². The molecule has 4 heteroatoms. The summed E-state index contributed by atoms with van der Waals surface area (Å²) in [5.74, 6) is -0.922. The van der Waals surface area contributed by atoms with Gasteiger partial charge in [0, 0.05) is 12.6 Å². The Morgan fingerprint density at radius 2 is 2.19 bits per heavy atom. The van der Waals surface area contributed by atoms with Crippen LogP contribution < -0.4 is 11.1 Å². The number of hydrogen-bond donors (Lipinski definition) is 2. The predicted molar refractivity (Wildman–Crippen MR) is 61.6 cm³/mol. The fourth-order valence-electron chi connectivity index (χ4n) is 1.44. The van der Waals surface area contributed by atoms with Crippen molar-refractivity contribution in [3.8, 4) is 0 Å². The summed E-state index contributed by atoms with van der Waals surface area (Å²) >= 11 is 0. The van der Waals surface area contributed by atoms with Crippen LogP contribution in [0.4, 0.5) is 4.39 Å². The predicted octanol–water partition coefficient (Wildman–Crippen LogP) is 1.68. The summed E-state index contributed by atoms with van der Waals surface area (Å²) in [5.41, 5.74) is 5.80. The highest BCUT2D eigenvalue weighted by molar-refractivity contribution is 5.94. The van der Waals surface area contributed by atoms with Crippen molar-refractivity contribution in [1.82, 2.24) is 5.32 Å². The zero-order valence-electron chi connectivity index (χ0n) is 9.37. The lowest BCUT2D eigenvalue weighted by atomic mass is 10.1. The summed E-state index contributed by atoms with van der Waals surface area (Å²) in [7, 11) is 0. The molecular weight excluding hydrogens is 207 g/mol. The van der Waals surface area contributed by atoms with E-state index in [1.54, 1.807) is 12.1 Å². The fourth-order valence-corrected chi connectivity index (χ4v) is 1.44. The van der Waals surface area contributed by atoms with Crippen molar-refractivity contribution in [2.45, 2.75) is 25.8 Å². The number of nitrogens with one attached hydrogen (secondary N) is 1. The van der Waals surface area contributed by atoms with Crippen molar-refractivity contribution >= 4 is 5.91 Å². The molecule has 0 aromatic heterocycles. The second-order valence-corrected chi connectivity index (χ2v) is 3.74. The fraction of sp³-hybridized carbons (Fsp3) is 0.417. The number of hydrogen-bond acceptors (Lipinski definition) is 2. The molecule has 1 aromatic rings. The Balaban J connectivity index is 2.50. The van der Waals surface area contributed by atoms with Gasteiger partial charge in [-0.25, -0.2) is 4.39 Å². The molecule has 1 amide bonds. The van der Waals surface area contributed by atoms with E-state index in [1.807, 2.05) is 6.92 Å². The molecule has 0 radical (unpaired) electrons. The van der Waals surface area contributed by atoms with Crippen molar-refractivity contribution in [2.24, 2.45) is 5.73 Å². The van der Waals surface area contributed by atoms with E-state index in [2.05, 4.69) is 5.32 Å². The Morgan fingerprint density at radius 1 is 1.50 bits per heavy atom. The van der Waals surface area contributed by atoms with Crippen LogP contribution in [0.3, 0.4) is 0 Å². The molecule has 1 unspecified atom stereocenters. The third-order valence-corrected chi connectivity index (χ3v) is 2.30. The highest BCUT2D eigenvalue weighted by Gasteiger charge is 2.11. The Hall–Kier alpha value is -1.42. The Morgan fingerprint density at radius 3 is 2.81 bits per heavy atom. The van der Waals surface area contributed by atoms with Gasteiger partial charge >= 0.3 is 0 Å². The van der Waals surface area contributed by atoms with Gasteiger partial charge in [-0.1, -0.05) is 25.5 Å². The third kappa shape index (κ3) is 3.62. The number of rotatable bonds is 5. The SMILES string of the molecule is CCCC(N)CNC(=O)c1ccccc1F. The zero-order chi connectivity index (χ0) is 12.0. The summed E-state index contributed by atoms with van der Waals surface area (Å²) in [5, 5.41) is 2.62. The van der Waals surface area contributed by atoms with Crippen LogP contribution in [-0.2, 0) is 0 Å². The van der Waals surface area contributed by atoms with Gasteiger partial charge in [-0.05, 0) is 18.6 Å². The molecule has 16 heavy (non-hydrogen) atoms. The topological polar surface area (TPSA) is 55.1 Å². The molecule has 0 aliphatic carbocycles. The molecular formula is C12H17FN2O. The van der Waals surface area contributed by atoms with E-state index in [-0.39, 0.29) is 11.6 Å². The van der Waals surface area contributed by atoms with Gasteiger partial charge < -0.3 is 11.1 Å². The number of nitrogens with two attached hydrogens (primary N) is 1. The highest BCUT2D eigenvalue weighted by atomic mass is 19.1. The van der Waals surface area contributed by atoms with E-state index in [4.69, 9.17) is 5.73 Å². The molecule has 0 bridgehead atoms. The lowest BCUT2D eigenvalue weighted by Crippen LogP contribution is -2.37. The average Bonchev–Trinajstić information content (AvgIpc) is 2.27. The van der Waals surface area contributed by atoms with Crippen molar-refractivity contribution in [1.29, 1.82) is 0 Å². The Bertz CT molecular complexity index is 355. The minimum Gasteiger partial charge on any atom is -0.350 e. The number of carbonyl (C=O) groups is 1. The van der Waals surface area contributed by atoms with Gasteiger partial charge in [0.2, 0.25) is 0 Å². The van der Waals surface area contributed by atoms with Gasteiger partial charge in [-0.2, -0.15) is 0 Å². The molecule has 0 heterocycles. The first-order valence-corrected chi connectivity index (χ1v) is 5.43. The molecule has 1 aromatic carbocycles. The number of halogens is 1. The van der Waals surface area contributed by atoms with Crippen molar-refractivity contribution in [3.63, 3.8) is 0 Å². The van der Waals surface area contributed by atoms with Crippen LogP contribution in [0.5, 0.6) is 0 Å². The molecule has 0 spiro atoms. The minimum absolute atomic E-state index is 0.0613. The first-order valence-electron chi connectivity index (χ1n) is 5.43. The van der Waals surface area contributed by atoms with Crippen molar-refractivity contribution in [2.75, 3.05) is 6.54 Å². The second-order valence-electron chi connectivity index (χ2n) is 3.74. The van der Waals surface area contributed by atoms with E-state index in [1.165, 1.54) is 12.1 Å². The van der Waals surface area contributed by atoms with Crippen LogP contribution in [0.1, 0.15) is 30.1 Å². The second kappa shape index (κ2) is 6.23. The molecule has 88 valence electrons. The van der Waals surface area contributed by atoms with Gasteiger partial charge in [-0.15, -0.1) is 0 Å². The van der Waals surface area contributed by atoms with E-state index < -0.39 is 11.7 Å². The van der Waals surface area contributed by atoms with Crippen LogP contribution in [-0.4, -0.2) is 18.5 Å². The van der Waals surface area contributed by atoms with Gasteiger partial charge in [0.1, 0.15) is 5.82 Å². The van der Waals surface area contributed by atoms with Crippen LogP contribution in [0.25, 0.3) is 0 Å². The first kappa shape index (κ1) is 12.6. The number of benzene rings is 1. The van der Waals surface area contributed by atoms with E-state index in [0.29, 0.717) is 6.54 Å². The third-order valence-electron chi connectivity index (χ3n) is 2.30. The van der Waals surface area contributed by atoms with Crippen LogP contribution in [0, 0.1) is 5.82 Å². The van der Waals surface area contributed by atoms with Crippen LogP contribution in [0.2, 0.25) is 0 Å². The van der Waals surface area contributed by atoms with Crippen molar-refractivity contribution in [3.05, 3.63) is 35.6 Å². The maximum Gasteiger partial charge on any atom is 0.254 e. The molecule has 0 aliphatic rings. The van der Waals surface area contributed by atoms with E-state index in [9.17, 15) is 9.18 Å². The van der Waals surface area contributed by atoms with Gasteiger partial charge in [-0.3, -0.25) is 4.79 Å². The molecule has 0 saturated heterocycles. The summed E-state index contributed by atoms with van der Waals surface area (Å²) in [6.07, 6.45) is 1.81. The summed E-state index contributed by atoms with van der Waals surface area (Å²) < 4.78 is 13.2. The van der Waals surface area contributed by atoms with Crippen LogP contribution in [0.15, 0.2) is 24.3 Å².